The van der Waals surface area contributed by atoms with Crippen LogP contribution < -0.4 is 10.6 Å². The van der Waals surface area contributed by atoms with Crippen LogP contribution in [0, 0.1) is 10.8 Å². The zero-order valence-corrected chi connectivity index (χ0v) is 49.4. The molecule has 1 aliphatic heterocycles. The Morgan fingerprint density at radius 3 is 1.38 bits per heavy atom. The fraction of sp³-hybridized carbons (Fsp3) is 0.468. The summed E-state index contributed by atoms with van der Waals surface area (Å²) in [6.45, 7) is 22.4. The molecular formula is C62H89N5O12. The summed E-state index contributed by atoms with van der Waals surface area (Å²) < 4.78 is 0. The third-order valence-electron chi connectivity index (χ3n) is 10.8. The lowest BCUT2D eigenvalue weighted by atomic mass is 9.82. The zero-order chi connectivity index (χ0) is 60.9. The van der Waals surface area contributed by atoms with Crippen molar-refractivity contribution in [3.8, 4) is 5.75 Å². The van der Waals surface area contributed by atoms with Gasteiger partial charge in [0, 0.05) is 53.7 Å². The van der Waals surface area contributed by atoms with Crippen molar-refractivity contribution in [2.24, 2.45) is 10.8 Å². The molecule has 0 aliphatic carbocycles. The number of nitrogens with zero attached hydrogens (tertiary/aromatic N) is 3. The number of para-hydroxylation sites is 1. The van der Waals surface area contributed by atoms with E-state index in [9.17, 15) is 43.2 Å². The first-order valence-corrected chi connectivity index (χ1v) is 26.2. The van der Waals surface area contributed by atoms with E-state index in [0.717, 1.165) is 47.7 Å². The molecule has 0 saturated carbocycles. The highest BCUT2D eigenvalue weighted by Gasteiger charge is 2.29. The number of unbranched alkanes of at least 4 members (excludes halogenated alkanes) is 1. The molecule has 1 fully saturated rings. The number of carbonyl (C=O) groups is 9. The molecule has 1 aliphatic rings. The molecule has 1 amide bonds. The monoisotopic (exact) mass is 1100 g/mol. The molecular weight excluding hydrogens is 1010 g/mol. The van der Waals surface area contributed by atoms with E-state index < -0.39 is 17.1 Å². The molecule has 0 unspecified atom stereocenters. The van der Waals surface area contributed by atoms with Crippen molar-refractivity contribution in [2.45, 2.75) is 147 Å². The average Bonchev–Trinajstić information content (AvgIpc) is 3.93. The van der Waals surface area contributed by atoms with E-state index in [1.165, 1.54) is 58.4 Å². The van der Waals surface area contributed by atoms with Gasteiger partial charge in [-0.2, -0.15) is 0 Å². The third kappa shape index (κ3) is 35.9. The second kappa shape index (κ2) is 40.2. The van der Waals surface area contributed by atoms with E-state index in [2.05, 4.69) is 51.8 Å². The highest BCUT2D eigenvalue weighted by atomic mass is 16.5. The molecule has 0 spiro atoms. The first-order chi connectivity index (χ1) is 36.8. The van der Waals surface area contributed by atoms with E-state index in [4.69, 9.17) is 15.3 Å². The fourth-order valence-corrected chi connectivity index (χ4v) is 6.12. The minimum atomic E-state index is -1.17. The van der Waals surface area contributed by atoms with Gasteiger partial charge in [0.25, 0.3) is 0 Å². The number of hydrogen-bond acceptors (Lipinski definition) is 16. The van der Waals surface area contributed by atoms with Gasteiger partial charge in [-0.05, 0) is 98.3 Å². The van der Waals surface area contributed by atoms with E-state index in [1.807, 2.05) is 66.8 Å². The summed E-state index contributed by atoms with van der Waals surface area (Å²) in [7, 11) is 5.24. The molecule has 3 heterocycles. The van der Waals surface area contributed by atoms with Gasteiger partial charge in [0.1, 0.15) is 40.4 Å². The molecule has 17 heteroatoms. The number of aliphatic hydroxyl groups excluding tert-OH is 1. The largest absolute Gasteiger partial charge is 0.507 e. The Bertz CT molecular complexity index is 2570. The predicted molar refractivity (Wildman–Crippen MR) is 313 cm³/mol. The molecule has 1 saturated heterocycles. The lowest BCUT2D eigenvalue weighted by Gasteiger charge is -2.20. The number of benzene rings is 3. The molecule has 5 N–H and O–H groups in total. The van der Waals surface area contributed by atoms with Crippen molar-refractivity contribution >= 4 is 74.0 Å². The normalized spacial score (nSPS) is 12.1. The number of pyridine rings is 2. The van der Waals surface area contributed by atoms with E-state index in [0.29, 0.717) is 11.1 Å². The lowest BCUT2D eigenvalue weighted by Crippen LogP contribution is -2.34. The van der Waals surface area contributed by atoms with Gasteiger partial charge < -0.3 is 30.9 Å². The summed E-state index contributed by atoms with van der Waals surface area (Å²) in [5.74, 6) is -0.573. The van der Waals surface area contributed by atoms with Gasteiger partial charge in [0.15, 0.2) is 17.9 Å². The molecule has 0 radical (unpaired) electrons. The standard InChI is InChI=1S/C12H8N2.C11H20O2.C10H10O2.C8H8O2.C6H11NO2.C5H11NO2.C5H13N.C5H8O2/c1-3-9-5-6-10-4-2-8-14-12(10)11(9)13-7-1;1-10(2,3)8(12)7-9(13)11(4,5)6;1-8(11)7-10(12)9-5-3-2-4-6-9;1-6(9)7-4-2-3-5-8(7)10;1-5(8)4-6(9)7(2)3;7-5(8)4-2-1-3-6-4;1-3-4-5-6-2;1-4(6)3-5(2)7/h1-8H;7H2,1-6H3;2-6H,7H2,1H3;2-5,10H,1H3;4H2,1-3H3;4-8H,1-3H2;6H,3-5H2,1-2H3;3H2,1-2H3/t;;;;;4-;;/m.....0../s1. The number of phenolic OH excluding ortho intramolecular Hbond substituents is 1. The van der Waals surface area contributed by atoms with Gasteiger partial charge in [0.05, 0.1) is 48.3 Å². The van der Waals surface area contributed by atoms with Crippen molar-refractivity contribution in [3.05, 3.63) is 115 Å². The van der Waals surface area contributed by atoms with E-state index >= 15 is 0 Å². The van der Waals surface area contributed by atoms with Crippen molar-refractivity contribution < 1.29 is 58.5 Å². The third-order valence-corrected chi connectivity index (χ3v) is 10.8. The second-order valence-corrected chi connectivity index (χ2v) is 20.8. The Hall–Kier alpha value is -7.05. The number of ketones is 8. The number of carbonyl (C=O) groups excluding carboxylic acids is 9. The van der Waals surface area contributed by atoms with Crippen molar-refractivity contribution in [1.82, 2.24) is 25.5 Å². The molecule has 79 heavy (non-hydrogen) atoms. The van der Waals surface area contributed by atoms with Crippen LogP contribution in [0.5, 0.6) is 5.75 Å². The van der Waals surface area contributed by atoms with Crippen LogP contribution in [0.25, 0.3) is 21.8 Å². The maximum atomic E-state index is 11.5. The number of Topliss-reactive ketones (excluding diaryl/α,β-unsaturated/α-hetero) is 8. The summed E-state index contributed by atoms with van der Waals surface area (Å²) in [5, 5.41) is 34.5. The van der Waals surface area contributed by atoms with E-state index in [1.54, 1.807) is 69.0 Å². The Morgan fingerprint density at radius 2 is 1.09 bits per heavy atom. The topological polar surface area (TPSA) is 267 Å². The molecule has 17 nitrogen and oxygen atoms in total. The number of phenols is 1. The number of rotatable bonds is 14. The first-order valence-electron chi connectivity index (χ1n) is 26.2. The molecule has 3 aromatic carbocycles. The molecule has 0 bridgehead atoms. The highest BCUT2D eigenvalue weighted by Crippen LogP contribution is 2.23. The Balaban J connectivity index is 0. The number of aliphatic hydroxyl groups is 2. The minimum absolute atomic E-state index is 0.00398. The second-order valence-electron chi connectivity index (χ2n) is 20.8. The first kappa shape index (κ1) is 74.0. The summed E-state index contributed by atoms with van der Waals surface area (Å²) in [6.07, 6.45) is 7.14. The van der Waals surface area contributed by atoms with Crippen LogP contribution in [-0.4, -0.2) is 129 Å². The molecule has 5 aromatic rings. The number of nitrogens with one attached hydrogen (secondary N) is 2. The number of fused-ring (bicyclic) bond motifs is 3. The summed E-state index contributed by atoms with van der Waals surface area (Å²) in [5.41, 5.74) is 2.13. The maximum absolute atomic E-state index is 11.5. The van der Waals surface area contributed by atoms with Crippen molar-refractivity contribution in [3.63, 3.8) is 0 Å². The number of amides is 1. The fourth-order valence-electron chi connectivity index (χ4n) is 6.12. The van der Waals surface area contributed by atoms with Gasteiger partial charge >= 0.3 is 0 Å². The van der Waals surface area contributed by atoms with Crippen LogP contribution in [0.2, 0.25) is 0 Å². The molecule has 1 atom stereocenters. The zero-order valence-electron chi connectivity index (χ0n) is 49.4. The molecule has 2 aromatic heterocycles. The van der Waals surface area contributed by atoms with Crippen LogP contribution in [-0.2, 0) is 33.6 Å². The van der Waals surface area contributed by atoms with Crippen LogP contribution >= 0.6 is 0 Å². The van der Waals surface area contributed by atoms with Crippen LogP contribution in [0.1, 0.15) is 155 Å². The smallest absolute Gasteiger partial charge is 0.229 e. The van der Waals surface area contributed by atoms with Crippen molar-refractivity contribution in [1.29, 1.82) is 0 Å². The van der Waals surface area contributed by atoms with E-state index in [-0.39, 0.29) is 89.6 Å². The number of aromatic nitrogens is 2. The minimum Gasteiger partial charge on any atom is -0.507 e. The van der Waals surface area contributed by atoms with Gasteiger partial charge in [-0.1, -0.05) is 122 Å². The van der Waals surface area contributed by atoms with Gasteiger partial charge in [-0.15, -0.1) is 0 Å². The Kier molecular flexibility index (Phi) is 37.6. The van der Waals surface area contributed by atoms with Gasteiger partial charge in [0.2, 0.25) is 5.91 Å². The van der Waals surface area contributed by atoms with Gasteiger partial charge in [-0.25, -0.2) is 0 Å². The van der Waals surface area contributed by atoms with Gasteiger partial charge in [-0.3, -0.25) is 53.1 Å². The van der Waals surface area contributed by atoms with Crippen LogP contribution in [0.3, 0.4) is 0 Å². The quantitative estimate of drug-likeness (QED) is 0.0228. The molecule has 6 rings (SSSR count). The Labute approximate surface area is 468 Å². The summed E-state index contributed by atoms with van der Waals surface area (Å²) in [4.78, 5) is 107. The predicted octanol–water partition coefficient (Wildman–Crippen LogP) is 9.50. The SMILES string of the molecule is CC(=O)CC(=O)N(C)C.CC(=O)CC(=O)c1ccccc1.CC(=O)CC(C)=O.CC(=O)c1ccccc1O.CC(C)(C)C(=O)CC(=O)C(C)(C)C.CCCCNC.OC(O)[C@@H]1CCCN1.c1cnc2c(c1)ccc1cccnc12. The average molecular weight is 1100 g/mol. The lowest BCUT2D eigenvalue weighted by molar-refractivity contribution is -0.136. The van der Waals surface area contributed by atoms with Crippen molar-refractivity contribution in [2.75, 3.05) is 34.2 Å². The Morgan fingerprint density at radius 1 is 0.633 bits per heavy atom. The maximum Gasteiger partial charge on any atom is 0.229 e. The number of hydrogen-bond donors (Lipinski definition) is 5. The van der Waals surface area contributed by atoms with Crippen LogP contribution in [0.15, 0.2) is 103 Å². The summed E-state index contributed by atoms with van der Waals surface area (Å²) in [6, 6.07) is 27.4. The molecule has 434 valence electrons. The summed E-state index contributed by atoms with van der Waals surface area (Å²) >= 11 is 0. The van der Waals surface area contributed by atoms with Crippen LogP contribution in [0.4, 0.5) is 0 Å². The highest BCUT2D eigenvalue weighted by molar-refractivity contribution is 6.07. The number of aromatic hydroxyl groups is 1.